The zero-order chi connectivity index (χ0) is 20.6. The molecule has 1 atom stereocenters. The molecule has 0 bridgehead atoms. The van der Waals surface area contributed by atoms with Crippen molar-refractivity contribution in [1.29, 1.82) is 0 Å². The van der Waals surface area contributed by atoms with E-state index < -0.39 is 18.0 Å². The van der Waals surface area contributed by atoms with Crippen LogP contribution in [0.1, 0.15) is 27.9 Å². The van der Waals surface area contributed by atoms with Gasteiger partial charge in [-0.1, -0.05) is 6.07 Å². The lowest BCUT2D eigenvalue weighted by atomic mass is 9.98. The minimum atomic E-state index is -4.41. The normalized spacial score (nSPS) is 19.0. The van der Waals surface area contributed by atoms with E-state index in [1.165, 1.54) is 0 Å². The highest BCUT2D eigenvalue weighted by molar-refractivity contribution is 6.08. The van der Waals surface area contributed by atoms with Crippen molar-refractivity contribution in [2.45, 2.75) is 32.2 Å². The maximum Gasteiger partial charge on any atom is 0.412 e. The number of rotatable bonds is 3. The van der Waals surface area contributed by atoms with Crippen molar-refractivity contribution in [3.05, 3.63) is 65.0 Å². The first kappa shape index (κ1) is 19.2. The van der Waals surface area contributed by atoms with Gasteiger partial charge in [0, 0.05) is 36.5 Å². The number of anilines is 1. The summed E-state index contributed by atoms with van der Waals surface area (Å²) >= 11 is 0. The standard InChI is InChI=1S/C21H18F3N3O2/c1-13-4-7-25-12-18(13)27-9-6-14-2-3-16(11-17(14)20(27)28)29-19-10-15(5-8-26-19)21(22,23)24/h2-5,7-8,11-12,19H,6,9-10H2,1H3. The number of hydrogen-bond donors (Lipinski definition) is 0. The SMILES string of the molecule is Cc1ccncc1N1CCc2ccc(OC3CC(C(F)(F)F)=CC=N3)cc2C1=O. The molecule has 150 valence electrons. The second-order valence-electron chi connectivity index (χ2n) is 6.95. The van der Waals surface area contributed by atoms with Gasteiger partial charge in [0.2, 0.25) is 0 Å². The number of nitrogens with zero attached hydrogens (tertiary/aromatic N) is 3. The Balaban J connectivity index is 1.55. The van der Waals surface area contributed by atoms with Gasteiger partial charge >= 0.3 is 6.18 Å². The third kappa shape index (κ3) is 3.87. The lowest BCUT2D eigenvalue weighted by Crippen LogP contribution is -2.38. The van der Waals surface area contributed by atoms with Crippen LogP contribution < -0.4 is 9.64 Å². The van der Waals surface area contributed by atoms with Crippen LogP contribution in [0, 0.1) is 6.92 Å². The van der Waals surface area contributed by atoms with E-state index >= 15 is 0 Å². The van der Waals surface area contributed by atoms with E-state index in [2.05, 4.69) is 9.98 Å². The van der Waals surface area contributed by atoms with E-state index in [4.69, 9.17) is 4.74 Å². The Morgan fingerprint density at radius 1 is 1.24 bits per heavy atom. The molecule has 0 saturated heterocycles. The topological polar surface area (TPSA) is 54.8 Å². The summed E-state index contributed by atoms with van der Waals surface area (Å²) in [5.41, 5.74) is 2.34. The number of aliphatic imine (C=N–C) groups is 1. The fourth-order valence-electron chi connectivity index (χ4n) is 3.47. The quantitative estimate of drug-likeness (QED) is 0.772. The van der Waals surface area contributed by atoms with Gasteiger partial charge < -0.3 is 9.64 Å². The molecule has 29 heavy (non-hydrogen) atoms. The Hall–Kier alpha value is -3.16. The fraction of sp³-hybridized carbons (Fsp3) is 0.286. The smallest absolute Gasteiger partial charge is 0.412 e. The van der Waals surface area contributed by atoms with Crippen LogP contribution in [0.3, 0.4) is 0 Å². The van der Waals surface area contributed by atoms with Crippen LogP contribution >= 0.6 is 0 Å². The largest absolute Gasteiger partial charge is 0.468 e. The van der Waals surface area contributed by atoms with Gasteiger partial charge in [-0.25, -0.2) is 0 Å². The van der Waals surface area contributed by atoms with Crippen LogP contribution in [0.2, 0.25) is 0 Å². The number of dihydropyridines is 1. The Kier molecular flexibility index (Phi) is 4.86. The molecule has 0 spiro atoms. The van der Waals surface area contributed by atoms with Crippen LogP contribution in [0.4, 0.5) is 18.9 Å². The van der Waals surface area contributed by atoms with Crippen LogP contribution in [0.25, 0.3) is 0 Å². The van der Waals surface area contributed by atoms with E-state index in [1.807, 2.05) is 13.0 Å². The number of benzene rings is 1. The van der Waals surface area contributed by atoms with Crippen LogP contribution in [0.15, 0.2) is 53.3 Å². The molecule has 3 heterocycles. The molecule has 8 heteroatoms. The van der Waals surface area contributed by atoms with Crippen LogP contribution in [-0.4, -0.2) is 36.1 Å². The van der Waals surface area contributed by atoms with Crippen molar-refractivity contribution in [3.63, 3.8) is 0 Å². The van der Waals surface area contributed by atoms with Crippen LogP contribution in [0.5, 0.6) is 5.75 Å². The van der Waals surface area contributed by atoms with E-state index in [1.54, 1.807) is 35.5 Å². The molecule has 1 unspecified atom stereocenters. The van der Waals surface area contributed by atoms with Gasteiger partial charge in [-0.05, 0) is 48.7 Å². The molecule has 1 amide bonds. The number of amides is 1. The number of pyridine rings is 1. The summed E-state index contributed by atoms with van der Waals surface area (Å²) in [7, 11) is 0. The van der Waals surface area contributed by atoms with Crippen molar-refractivity contribution >= 4 is 17.8 Å². The van der Waals surface area contributed by atoms with Crippen molar-refractivity contribution in [2.75, 3.05) is 11.4 Å². The van der Waals surface area contributed by atoms with Crippen molar-refractivity contribution < 1.29 is 22.7 Å². The van der Waals surface area contributed by atoms with E-state index in [0.29, 0.717) is 24.3 Å². The first-order valence-electron chi connectivity index (χ1n) is 9.14. The van der Waals surface area contributed by atoms with Gasteiger partial charge in [0.1, 0.15) is 5.75 Å². The van der Waals surface area contributed by atoms with E-state index in [0.717, 1.165) is 29.1 Å². The first-order valence-corrected chi connectivity index (χ1v) is 9.14. The van der Waals surface area contributed by atoms with Gasteiger partial charge in [-0.2, -0.15) is 13.2 Å². The third-order valence-corrected chi connectivity index (χ3v) is 5.02. The summed E-state index contributed by atoms with van der Waals surface area (Å²) in [5, 5.41) is 0. The van der Waals surface area contributed by atoms with Gasteiger partial charge in [0.15, 0.2) is 6.23 Å². The van der Waals surface area contributed by atoms with E-state index in [-0.39, 0.29) is 12.3 Å². The molecule has 0 fully saturated rings. The third-order valence-electron chi connectivity index (χ3n) is 5.02. The summed E-state index contributed by atoms with van der Waals surface area (Å²) in [6.07, 6.45) is 0.274. The van der Waals surface area contributed by atoms with E-state index in [9.17, 15) is 18.0 Å². The molecule has 4 rings (SSSR count). The molecule has 0 saturated carbocycles. The average Bonchev–Trinajstić information content (AvgIpc) is 2.69. The number of aryl methyl sites for hydroxylation is 1. The maximum atomic E-state index is 13.1. The van der Waals surface area contributed by atoms with Crippen LogP contribution in [-0.2, 0) is 6.42 Å². The highest BCUT2D eigenvalue weighted by atomic mass is 19.4. The number of alkyl halides is 3. The number of ether oxygens (including phenoxy) is 1. The number of hydrogen-bond acceptors (Lipinski definition) is 4. The molecular formula is C21H18F3N3O2. The fourth-order valence-corrected chi connectivity index (χ4v) is 3.47. The Labute approximate surface area is 165 Å². The molecule has 2 aromatic rings. The molecule has 2 aliphatic rings. The van der Waals surface area contributed by atoms with Gasteiger partial charge in [0.05, 0.1) is 11.9 Å². The number of carbonyl (C=O) groups is 1. The Bertz CT molecular complexity index is 1010. The molecule has 1 aromatic heterocycles. The summed E-state index contributed by atoms with van der Waals surface area (Å²) in [6.45, 7) is 2.44. The minimum absolute atomic E-state index is 0.184. The number of carbonyl (C=O) groups excluding carboxylic acids is 1. The van der Waals surface area contributed by atoms with Gasteiger partial charge in [-0.3, -0.25) is 14.8 Å². The summed E-state index contributed by atoms with van der Waals surface area (Å²) in [5.74, 6) is 0.128. The molecule has 5 nitrogen and oxygen atoms in total. The number of halogens is 3. The molecule has 1 aromatic carbocycles. The molecular weight excluding hydrogens is 383 g/mol. The molecule has 0 aliphatic carbocycles. The number of allylic oxidation sites excluding steroid dienone is 1. The van der Waals surface area contributed by atoms with Crippen molar-refractivity contribution in [1.82, 2.24) is 4.98 Å². The zero-order valence-electron chi connectivity index (χ0n) is 15.6. The summed E-state index contributed by atoms with van der Waals surface area (Å²) in [6, 6.07) is 6.86. The molecule has 2 aliphatic heterocycles. The molecule has 0 N–H and O–H groups in total. The molecule has 0 radical (unpaired) electrons. The zero-order valence-corrected chi connectivity index (χ0v) is 15.6. The highest BCUT2D eigenvalue weighted by Crippen LogP contribution is 2.33. The lowest BCUT2D eigenvalue weighted by molar-refractivity contribution is -0.0965. The average molecular weight is 401 g/mol. The first-order chi connectivity index (χ1) is 13.8. The van der Waals surface area contributed by atoms with Gasteiger partial charge in [0.25, 0.3) is 5.91 Å². The maximum absolute atomic E-state index is 13.1. The second-order valence-corrected chi connectivity index (χ2v) is 6.95. The summed E-state index contributed by atoms with van der Waals surface area (Å²) < 4.78 is 44.4. The minimum Gasteiger partial charge on any atom is -0.468 e. The highest BCUT2D eigenvalue weighted by Gasteiger charge is 2.36. The summed E-state index contributed by atoms with van der Waals surface area (Å²) in [4.78, 5) is 22.8. The van der Waals surface area contributed by atoms with Crippen molar-refractivity contribution in [3.8, 4) is 5.75 Å². The predicted molar refractivity (Wildman–Crippen MR) is 102 cm³/mol. The Morgan fingerprint density at radius 3 is 2.83 bits per heavy atom. The second kappa shape index (κ2) is 7.35. The predicted octanol–water partition coefficient (Wildman–Crippen LogP) is 4.26. The Morgan fingerprint density at radius 2 is 2.07 bits per heavy atom. The van der Waals surface area contributed by atoms with Crippen molar-refractivity contribution in [2.24, 2.45) is 4.99 Å². The number of fused-ring (bicyclic) bond motifs is 1. The number of aromatic nitrogens is 1. The van der Waals surface area contributed by atoms with Gasteiger partial charge in [-0.15, -0.1) is 0 Å². The lowest BCUT2D eigenvalue weighted by Gasteiger charge is -2.30. The monoisotopic (exact) mass is 401 g/mol.